The Morgan fingerprint density at radius 1 is 1.00 bits per heavy atom. The predicted molar refractivity (Wildman–Crippen MR) is 107 cm³/mol. The second kappa shape index (κ2) is 8.74. The largest absolute Gasteiger partial charge is 0.497 e. The van der Waals surface area contributed by atoms with E-state index in [1.807, 2.05) is 44.2 Å². The average molecular weight is 380 g/mol. The van der Waals surface area contributed by atoms with Crippen molar-refractivity contribution in [2.75, 3.05) is 13.7 Å². The highest BCUT2D eigenvalue weighted by Gasteiger charge is 2.16. The standard InChI is InChI=1S/C23H24O5/c1-4-15-6-7-16(5-2)20(10-15)21(24)14-28-23(25)11-17-13-27-22-12-18(26-3)8-9-19(17)22/h6-10,12-13H,4-5,11,14H2,1-3H3. The first kappa shape index (κ1) is 19.7. The minimum atomic E-state index is -0.462. The zero-order valence-electron chi connectivity index (χ0n) is 16.4. The summed E-state index contributed by atoms with van der Waals surface area (Å²) in [4.78, 5) is 24.8. The maximum absolute atomic E-state index is 12.6. The van der Waals surface area contributed by atoms with Crippen LogP contribution in [-0.2, 0) is 28.8 Å². The molecule has 0 bridgehead atoms. The van der Waals surface area contributed by atoms with Crippen LogP contribution in [0.2, 0.25) is 0 Å². The van der Waals surface area contributed by atoms with Gasteiger partial charge in [-0.2, -0.15) is 0 Å². The highest BCUT2D eigenvalue weighted by molar-refractivity contribution is 5.99. The molecule has 0 fully saturated rings. The molecule has 0 unspecified atom stereocenters. The number of Topliss-reactive ketones (excluding diaryl/α,β-unsaturated/α-hetero) is 1. The molecule has 0 saturated carbocycles. The number of methoxy groups -OCH3 is 1. The van der Waals surface area contributed by atoms with E-state index in [9.17, 15) is 9.59 Å². The Kier molecular flexibility index (Phi) is 6.14. The summed E-state index contributed by atoms with van der Waals surface area (Å²) in [7, 11) is 1.58. The van der Waals surface area contributed by atoms with Crippen molar-refractivity contribution >= 4 is 22.7 Å². The van der Waals surface area contributed by atoms with Crippen LogP contribution in [0.5, 0.6) is 5.75 Å². The molecule has 28 heavy (non-hydrogen) atoms. The third-order valence-corrected chi connectivity index (χ3v) is 4.83. The molecular weight excluding hydrogens is 356 g/mol. The number of carbonyl (C=O) groups excluding carboxylic acids is 2. The summed E-state index contributed by atoms with van der Waals surface area (Å²) < 4.78 is 15.9. The van der Waals surface area contributed by atoms with Crippen LogP contribution in [0.15, 0.2) is 47.1 Å². The Labute approximate surface area is 164 Å². The minimum Gasteiger partial charge on any atom is -0.497 e. The van der Waals surface area contributed by atoms with E-state index in [2.05, 4.69) is 0 Å². The van der Waals surface area contributed by atoms with Crippen molar-refractivity contribution in [3.8, 4) is 5.75 Å². The molecule has 2 aromatic carbocycles. The van der Waals surface area contributed by atoms with Crippen LogP contribution < -0.4 is 4.74 Å². The number of furan rings is 1. The van der Waals surface area contributed by atoms with Crippen molar-refractivity contribution in [2.45, 2.75) is 33.1 Å². The first-order valence-corrected chi connectivity index (χ1v) is 9.40. The average Bonchev–Trinajstić information content (AvgIpc) is 3.13. The van der Waals surface area contributed by atoms with Gasteiger partial charge in [0.05, 0.1) is 19.8 Å². The van der Waals surface area contributed by atoms with Gasteiger partial charge in [0, 0.05) is 22.6 Å². The number of carbonyl (C=O) groups is 2. The normalized spacial score (nSPS) is 10.8. The Balaban J connectivity index is 1.65. The molecule has 5 nitrogen and oxygen atoms in total. The fourth-order valence-electron chi connectivity index (χ4n) is 3.17. The van der Waals surface area contributed by atoms with Crippen molar-refractivity contribution in [3.05, 3.63) is 64.9 Å². The number of fused-ring (bicyclic) bond motifs is 1. The molecule has 0 N–H and O–H groups in total. The molecule has 0 atom stereocenters. The van der Waals surface area contributed by atoms with Crippen molar-refractivity contribution in [1.29, 1.82) is 0 Å². The van der Waals surface area contributed by atoms with Crippen LogP contribution in [0.4, 0.5) is 0 Å². The van der Waals surface area contributed by atoms with Crippen molar-refractivity contribution in [1.82, 2.24) is 0 Å². The smallest absolute Gasteiger partial charge is 0.310 e. The number of benzene rings is 2. The Morgan fingerprint density at radius 2 is 1.82 bits per heavy atom. The summed E-state index contributed by atoms with van der Waals surface area (Å²) in [5.74, 6) is 0.0430. The van der Waals surface area contributed by atoms with E-state index >= 15 is 0 Å². The van der Waals surface area contributed by atoms with Crippen molar-refractivity contribution in [2.24, 2.45) is 0 Å². The Hall–Kier alpha value is -3.08. The summed E-state index contributed by atoms with van der Waals surface area (Å²) in [6, 6.07) is 11.3. The molecule has 0 aliphatic heterocycles. The zero-order valence-corrected chi connectivity index (χ0v) is 16.4. The van der Waals surface area contributed by atoms with E-state index in [0.717, 1.165) is 34.9 Å². The molecule has 0 radical (unpaired) electrons. The number of ketones is 1. The van der Waals surface area contributed by atoms with E-state index in [-0.39, 0.29) is 18.8 Å². The van der Waals surface area contributed by atoms with E-state index in [0.29, 0.717) is 16.9 Å². The molecular formula is C23H24O5. The van der Waals surface area contributed by atoms with Gasteiger partial charge in [-0.1, -0.05) is 26.0 Å². The van der Waals surface area contributed by atoms with Crippen LogP contribution in [0.3, 0.4) is 0 Å². The molecule has 146 valence electrons. The van der Waals surface area contributed by atoms with Gasteiger partial charge in [-0.25, -0.2) is 0 Å². The maximum atomic E-state index is 12.6. The van der Waals surface area contributed by atoms with Gasteiger partial charge in [-0.3, -0.25) is 9.59 Å². The number of ether oxygens (including phenoxy) is 2. The molecule has 1 heterocycles. The number of hydrogen-bond acceptors (Lipinski definition) is 5. The second-order valence-electron chi connectivity index (χ2n) is 6.58. The topological polar surface area (TPSA) is 65.7 Å². The quantitative estimate of drug-likeness (QED) is 0.424. The lowest BCUT2D eigenvalue weighted by atomic mass is 9.98. The lowest BCUT2D eigenvalue weighted by Crippen LogP contribution is -2.17. The van der Waals surface area contributed by atoms with E-state index < -0.39 is 5.97 Å². The van der Waals surface area contributed by atoms with Crippen LogP contribution >= 0.6 is 0 Å². The van der Waals surface area contributed by atoms with E-state index in [1.165, 1.54) is 6.26 Å². The van der Waals surface area contributed by atoms with Gasteiger partial charge < -0.3 is 13.9 Å². The molecule has 0 saturated heterocycles. The Morgan fingerprint density at radius 3 is 2.54 bits per heavy atom. The fraction of sp³-hybridized carbons (Fsp3) is 0.304. The van der Waals surface area contributed by atoms with Gasteiger partial charge in [0.25, 0.3) is 0 Å². The zero-order chi connectivity index (χ0) is 20.1. The molecule has 0 amide bonds. The fourth-order valence-corrected chi connectivity index (χ4v) is 3.17. The van der Waals surface area contributed by atoms with Gasteiger partial charge in [-0.05, 0) is 42.2 Å². The number of esters is 1. The van der Waals surface area contributed by atoms with Gasteiger partial charge in [0.2, 0.25) is 5.78 Å². The van der Waals surface area contributed by atoms with Crippen LogP contribution in [0.1, 0.15) is 40.9 Å². The highest BCUT2D eigenvalue weighted by Crippen LogP contribution is 2.26. The molecule has 3 rings (SSSR count). The second-order valence-corrected chi connectivity index (χ2v) is 6.58. The third kappa shape index (κ3) is 4.25. The number of hydrogen-bond donors (Lipinski definition) is 0. The van der Waals surface area contributed by atoms with Crippen LogP contribution in [0.25, 0.3) is 11.0 Å². The summed E-state index contributed by atoms with van der Waals surface area (Å²) in [6.07, 6.45) is 3.18. The predicted octanol–water partition coefficient (Wildman–Crippen LogP) is 4.53. The Bertz CT molecular complexity index is 999. The maximum Gasteiger partial charge on any atom is 0.310 e. The summed E-state index contributed by atoms with van der Waals surface area (Å²) in [5, 5.41) is 0.827. The summed E-state index contributed by atoms with van der Waals surface area (Å²) in [5.41, 5.74) is 4.05. The first-order valence-electron chi connectivity index (χ1n) is 9.40. The summed E-state index contributed by atoms with van der Waals surface area (Å²) in [6.45, 7) is 3.78. The number of aryl methyl sites for hydroxylation is 2. The van der Waals surface area contributed by atoms with Gasteiger partial charge in [0.15, 0.2) is 6.61 Å². The van der Waals surface area contributed by atoms with Crippen molar-refractivity contribution < 1.29 is 23.5 Å². The molecule has 0 spiro atoms. The highest BCUT2D eigenvalue weighted by atomic mass is 16.5. The minimum absolute atomic E-state index is 0.0439. The lowest BCUT2D eigenvalue weighted by Gasteiger charge is -2.10. The molecule has 5 heteroatoms. The number of rotatable bonds is 8. The first-order chi connectivity index (χ1) is 13.5. The SMILES string of the molecule is CCc1ccc(CC)c(C(=O)COC(=O)Cc2coc3cc(OC)ccc23)c1. The van der Waals surface area contributed by atoms with E-state index in [1.54, 1.807) is 13.2 Å². The van der Waals surface area contributed by atoms with Crippen LogP contribution in [0, 0.1) is 0 Å². The third-order valence-electron chi connectivity index (χ3n) is 4.83. The molecule has 1 aromatic heterocycles. The van der Waals surface area contributed by atoms with Crippen molar-refractivity contribution in [3.63, 3.8) is 0 Å². The summed E-state index contributed by atoms with van der Waals surface area (Å²) >= 11 is 0. The molecule has 0 aliphatic rings. The van der Waals surface area contributed by atoms with Gasteiger partial charge in [0.1, 0.15) is 11.3 Å². The lowest BCUT2D eigenvalue weighted by molar-refractivity contribution is -0.141. The monoisotopic (exact) mass is 380 g/mol. The van der Waals surface area contributed by atoms with Gasteiger partial charge in [-0.15, -0.1) is 0 Å². The molecule has 0 aliphatic carbocycles. The molecule has 3 aromatic rings. The van der Waals surface area contributed by atoms with E-state index in [4.69, 9.17) is 13.9 Å². The van der Waals surface area contributed by atoms with Gasteiger partial charge >= 0.3 is 5.97 Å². The van der Waals surface area contributed by atoms with Crippen LogP contribution in [-0.4, -0.2) is 25.5 Å².